The summed E-state index contributed by atoms with van der Waals surface area (Å²) in [7, 11) is 0. The number of carboxylic acid groups (broad SMARTS) is 1. The molecule has 0 saturated carbocycles. The first-order valence-corrected chi connectivity index (χ1v) is 5.96. The highest BCUT2D eigenvalue weighted by Crippen LogP contribution is 2.25. The monoisotopic (exact) mass is 268 g/mol. The number of nitrogens with zero attached hydrogens (tertiary/aromatic N) is 1. The number of benzene rings is 1. The van der Waals surface area contributed by atoms with Crippen LogP contribution in [0.3, 0.4) is 0 Å². The summed E-state index contributed by atoms with van der Waals surface area (Å²) >= 11 is 5.56. The molecule has 1 aliphatic heterocycles. The molecule has 5 nitrogen and oxygen atoms in total. The maximum atomic E-state index is 11.5. The minimum atomic E-state index is -1.13. The summed E-state index contributed by atoms with van der Waals surface area (Å²) in [6.07, 6.45) is -1.13. The molecule has 2 rings (SSSR count). The number of hydrogen-bond acceptors (Lipinski definition) is 3. The number of amides is 1. The van der Waals surface area contributed by atoms with Crippen LogP contribution in [0.1, 0.15) is 11.6 Å². The number of nitrogens with one attached hydrogen (secondary N) is 1. The number of hydrogen-bond donors (Lipinski definition) is 2. The van der Waals surface area contributed by atoms with Crippen LogP contribution in [-0.4, -0.2) is 40.5 Å². The molecule has 0 radical (unpaired) electrons. The van der Waals surface area contributed by atoms with Gasteiger partial charge in [0.2, 0.25) is 5.24 Å². The lowest BCUT2D eigenvalue weighted by Gasteiger charge is -2.38. The fourth-order valence-corrected chi connectivity index (χ4v) is 2.44. The van der Waals surface area contributed by atoms with Gasteiger partial charge in [0, 0.05) is 13.1 Å². The molecule has 1 amide bonds. The number of carbonyl (C=O) groups is 2. The van der Waals surface area contributed by atoms with Crippen molar-refractivity contribution in [3.63, 3.8) is 0 Å². The van der Waals surface area contributed by atoms with Gasteiger partial charge < -0.3 is 10.4 Å². The van der Waals surface area contributed by atoms with E-state index in [9.17, 15) is 9.59 Å². The van der Waals surface area contributed by atoms with E-state index in [1.54, 1.807) is 0 Å². The first kappa shape index (κ1) is 12.9. The second kappa shape index (κ2) is 5.37. The molecular formula is C12H13ClN2O3. The van der Waals surface area contributed by atoms with E-state index >= 15 is 0 Å². The zero-order valence-electron chi connectivity index (χ0n) is 9.54. The lowest BCUT2D eigenvalue weighted by Crippen LogP contribution is -2.57. The molecule has 1 heterocycles. The van der Waals surface area contributed by atoms with Gasteiger partial charge in [-0.3, -0.25) is 9.69 Å². The Balaban J connectivity index is 2.33. The summed E-state index contributed by atoms with van der Waals surface area (Å²) in [5, 5.41) is 11.6. The van der Waals surface area contributed by atoms with E-state index in [0.717, 1.165) is 10.5 Å². The van der Waals surface area contributed by atoms with Gasteiger partial charge >= 0.3 is 6.09 Å². The minimum Gasteiger partial charge on any atom is -0.465 e. The largest absolute Gasteiger partial charge is 0.465 e. The second-order valence-electron chi connectivity index (χ2n) is 4.07. The van der Waals surface area contributed by atoms with Crippen LogP contribution in [-0.2, 0) is 4.79 Å². The molecule has 2 atom stereocenters. The van der Waals surface area contributed by atoms with Crippen molar-refractivity contribution in [1.82, 2.24) is 10.2 Å². The van der Waals surface area contributed by atoms with Crippen LogP contribution in [0.15, 0.2) is 30.3 Å². The van der Waals surface area contributed by atoms with Gasteiger partial charge in [0.25, 0.3) is 0 Å². The maximum Gasteiger partial charge on any atom is 0.408 e. The van der Waals surface area contributed by atoms with Crippen molar-refractivity contribution in [2.45, 2.75) is 12.1 Å². The van der Waals surface area contributed by atoms with Gasteiger partial charge in [-0.1, -0.05) is 30.3 Å². The quantitative estimate of drug-likeness (QED) is 0.797. The van der Waals surface area contributed by atoms with Gasteiger partial charge in [-0.05, 0) is 17.2 Å². The van der Waals surface area contributed by atoms with Crippen LogP contribution in [0.25, 0.3) is 0 Å². The smallest absolute Gasteiger partial charge is 0.408 e. The number of halogens is 1. The average Bonchev–Trinajstić information content (AvgIpc) is 2.38. The third kappa shape index (κ3) is 2.47. The minimum absolute atomic E-state index is 0.252. The summed E-state index contributed by atoms with van der Waals surface area (Å²) in [4.78, 5) is 23.7. The molecule has 18 heavy (non-hydrogen) atoms. The second-order valence-corrected chi connectivity index (χ2v) is 4.44. The Morgan fingerprint density at radius 3 is 2.56 bits per heavy atom. The van der Waals surface area contributed by atoms with Crippen LogP contribution in [0.2, 0.25) is 0 Å². The topological polar surface area (TPSA) is 69.6 Å². The maximum absolute atomic E-state index is 11.5. The van der Waals surface area contributed by atoms with E-state index in [4.69, 9.17) is 16.7 Å². The molecular weight excluding hydrogens is 256 g/mol. The third-order valence-electron chi connectivity index (χ3n) is 3.01. The van der Waals surface area contributed by atoms with E-state index in [2.05, 4.69) is 5.32 Å². The summed E-state index contributed by atoms with van der Waals surface area (Å²) < 4.78 is 0. The molecule has 1 saturated heterocycles. The molecule has 1 fully saturated rings. The molecule has 0 aromatic heterocycles. The summed E-state index contributed by atoms with van der Waals surface area (Å²) in [6.45, 7) is 0.744. The number of rotatable bonds is 2. The fourth-order valence-electron chi connectivity index (χ4n) is 2.20. The van der Waals surface area contributed by atoms with E-state index in [1.165, 1.54) is 0 Å². The molecule has 1 aliphatic rings. The summed E-state index contributed by atoms with van der Waals surface area (Å²) in [5.41, 5.74) is 0.849. The van der Waals surface area contributed by atoms with Crippen LogP contribution < -0.4 is 5.32 Å². The molecule has 1 aromatic carbocycles. The Hall–Kier alpha value is -1.59. The lowest BCUT2D eigenvalue weighted by atomic mass is 9.97. The molecule has 96 valence electrons. The van der Waals surface area contributed by atoms with Crippen molar-refractivity contribution in [3.05, 3.63) is 35.9 Å². The standard InChI is InChI=1S/C12H13ClN2O3/c13-11(16)10-9(8-4-2-1-3-5-8)14-6-7-15(10)12(17)18/h1-5,9-10,14H,6-7H2,(H,17,18). The van der Waals surface area contributed by atoms with Gasteiger partial charge in [-0.25, -0.2) is 4.79 Å². The van der Waals surface area contributed by atoms with Crippen molar-refractivity contribution in [2.24, 2.45) is 0 Å². The van der Waals surface area contributed by atoms with E-state index in [-0.39, 0.29) is 6.54 Å². The first-order chi connectivity index (χ1) is 8.61. The van der Waals surface area contributed by atoms with Crippen LogP contribution in [0.5, 0.6) is 0 Å². The van der Waals surface area contributed by atoms with Crippen molar-refractivity contribution >= 4 is 22.9 Å². The Kier molecular flexibility index (Phi) is 3.84. The van der Waals surface area contributed by atoms with Crippen molar-refractivity contribution in [2.75, 3.05) is 13.1 Å². The van der Waals surface area contributed by atoms with Crippen LogP contribution in [0, 0.1) is 0 Å². The van der Waals surface area contributed by atoms with Crippen molar-refractivity contribution in [1.29, 1.82) is 0 Å². The van der Waals surface area contributed by atoms with Crippen molar-refractivity contribution < 1.29 is 14.7 Å². The highest BCUT2D eigenvalue weighted by molar-refractivity contribution is 6.65. The van der Waals surface area contributed by atoms with Crippen LogP contribution in [0.4, 0.5) is 4.79 Å². The SMILES string of the molecule is O=C(Cl)C1C(c2ccccc2)NCCN1C(=O)O. The van der Waals surface area contributed by atoms with Crippen LogP contribution >= 0.6 is 11.6 Å². The molecule has 0 spiro atoms. The predicted molar refractivity (Wildman–Crippen MR) is 66.6 cm³/mol. The highest BCUT2D eigenvalue weighted by Gasteiger charge is 2.39. The Bertz CT molecular complexity index is 452. The van der Waals surface area contributed by atoms with Gasteiger partial charge in [0.1, 0.15) is 6.04 Å². The molecule has 1 aromatic rings. The zero-order valence-corrected chi connectivity index (χ0v) is 10.3. The molecule has 2 N–H and O–H groups in total. The first-order valence-electron chi connectivity index (χ1n) is 5.58. The Morgan fingerprint density at radius 1 is 1.33 bits per heavy atom. The number of piperazine rings is 1. The van der Waals surface area contributed by atoms with E-state index in [0.29, 0.717) is 6.54 Å². The van der Waals surface area contributed by atoms with Gasteiger partial charge in [-0.2, -0.15) is 0 Å². The predicted octanol–water partition coefficient (Wildman–Crippen LogP) is 1.44. The van der Waals surface area contributed by atoms with E-state index in [1.807, 2.05) is 30.3 Å². The third-order valence-corrected chi connectivity index (χ3v) is 3.23. The summed E-state index contributed by atoms with van der Waals surface area (Å²) in [6, 6.07) is 7.94. The fraction of sp³-hybridized carbons (Fsp3) is 0.333. The molecule has 2 unspecified atom stereocenters. The molecule has 0 bridgehead atoms. The van der Waals surface area contributed by atoms with Crippen molar-refractivity contribution in [3.8, 4) is 0 Å². The van der Waals surface area contributed by atoms with E-state index < -0.39 is 23.4 Å². The normalized spacial score (nSPS) is 23.7. The molecule has 6 heteroatoms. The van der Waals surface area contributed by atoms with Gasteiger partial charge in [-0.15, -0.1) is 0 Å². The lowest BCUT2D eigenvalue weighted by molar-refractivity contribution is -0.117. The average molecular weight is 269 g/mol. The highest BCUT2D eigenvalue weighted by atomic mass is 35.5. The zero-order chi connectivity index (χ0) is 13.1. The molecule has 0 aliphatic carbocycles. The number of carbonyl (C=O) groups excluding carboxylic acids is 1. The Labute approximate surface area is 109 Å². The van der Waals surface area contributed by atoms with Gasteiger partial charge in [0.05, 0.1) is 6.04 Å². The Morgan fingerprint density at radius 2 is 2.00 bits per heavy atom. The van der Waals surface area contributed by atoms with Gasteiger partial charge in [0.15, 0.2) is 0 Å². The summed E-state index contributed by atoms with van der Waals surface area (Å²) in [5.74, 6) is 0.